The first kappa shape index (κ1) is 19.6. The number of aliphatic hydroxyl groups is 1. The zero-order valence-corrected chi connectivity index (χ0v) is 14.7. The van der Waals surface area contributed by atoms with Crippen molar-refractivity contribution in [2.45, 2.75) is 19.4 Å². The molecule has 0 aliphatic rings. The molecule has 2 rings (SSSR count). The lowest BCUT2D eigenvalue weighted by Crippen LogP contribution is -2.45. The number of nitrogens with one attached hydrogen (secondary N) is 1. The van der Waals surface area contributed by atoms with E-state index in [1.165, 1.54) is 44.2 Å². The standard InChI is InChI=1S/C17H16ClFN2O5/c1-10-7-11(3-6-15(10)21(24)25)20-16(22)17(2,23)9-26-12-4-5-13(18)14(19)8-12/h3-8,23H,9H2,1-2H3,(H,20,22)/t17-/m0/s1. The molecule has 0 fully saturated rings. The fourth-order valence-electron chi connectivity index (χ4n) is 2.06. The third-order valence-corrected chi connectivity index (χ3v) is 3.86. The molecule has 0 unspecified atom stereocenters. The van der Waals surface area contributed by atoms with Crippen LogP contribution >= 0.6 is 11.6 Å². The van der Waals surface area contributed by atoms with Gasteiger partial charge < -0.3 is 15.2 Å². The van der Waals surface area contributed by atoms with E-state index in [4.69, 9.17) is 16.3 Å². The number of anilines is 1. The van der Waals surface area contributed by atoms with Gasteiger partial charge in [-0.25, -0.2) is 4.39 Å². The number of nitrogens with zero attached hydrogens (tertiary/aromatic N) is 1. The first-order valence-corrected chi connectivity index (χ1v) is 7.84. The molecular formula is C17H16ClFN2O5. The number of aryl methyl sites for hydroxylation is 1. The second kappa shape index (κ2) is 7.67. The van der Waals surface area contributed by atoms with Crippen molar-refractivity contribution in [2.75, 3.05) is 11.9 Å². The highest BCUT2D eigenvalue weighted by Gasteiger charge is 2.32. The summed E-state index contributed by atoms with van der Waals surface area (Å²) in [5.41, 5.74) is -1.36. The number of nitro groups is 1. The molecule has 0 saturated heterocycles. The van der Waals surface area contributed by atoms with E-state index >= 15 is 0 Å². The average Bonchev–Trinajstić information content (AvgIpc) is 2.55. The van der Waals surface area contributed by atoms with Crippen LogP contribution in [0.4, 0.5) is 15.8 Å². The van der Waals surface area contributed by atoms with Gasteiger partial charge >= 0.3 is 0 Å². The van der Waals surface area contributed by atoms with E-state index in [2.05, 4.69) is 5.32 Å². The van der Waals surface area contributed by atoms with Gasteiger partial charge in [0.25, 0.3) is 11.6 Å². The maximum atomic E-state index is 13.4. The van der Waals surface area contributed by atoms with Crippen molar-refractivity contribution in [1.29, 1.82) is 0 Å². The number of hydrogen-bond acceptors (Lipinski definition) is 5. The average molecular weight is 383 g/mol. The molecule has 0 bridgehead atoms. The monoisotopic (exact) mass is 382 g/mol. The molecule has 0 heterocycles. The maximum Gasteiger partial charge on any atom is 0.272 e. The number of rotatable bonds is 6. The summed E-state index contributed by atoms with van der Waals surface area (Å²) >= 11 is 5.57. The lowest BCUT2D eigenvalue weighted by molar-refractivity contribution is -0.385. The highest BCUT2D eigenvalue weighted by Crippen LogP contribution is 2.23. The molecule has 0 aliphatic carbocycles. The van der Waals surface area contributed by atoms with Gasteiger partial charge in [-0.3, -0.25) is 14.9 Å². The van der Waals surface area contributed by atoms with Crippen molar-refractivity contribution in [3.63, 3.8) is 0 Å². The number of halogens is 2. The Balaban J connectivity index is 2.03. The van der Waals surface area contributed by atoms with Crippen LogP contribution in [0.5, 0.6) is 5.75 Å². The zero-order chi connectivity index (χ0) is 19.5. The number of ether oxygens (including phenoxy) is 1. The Labute approximate surface area is 153 Å². The van der Waals surface area contributed by atoms with E-state index < -0.39 is 28.9 Å². The molecular weight excluding hydrogens is 367 g/mol. The fraction of sp³-hybridized carbons (Fsp3) is 0.235. The van der Waals surface area contributed by atoms with E-state index in [-0.39, 0.29) is 22.1 Å². The van der Waals surface area contributed by atoms with Crippen LogP contribution in [-0.2, 0) is 4.79 Å². The van der Waals surface area contributed by atoms with Crippen molar-refractivity contribution in [2.24, 2.45) is 0 Å². The highest BCUT2D eigenvalue weighted by molar-refractivity contribution is 6.30. The summed E-state index contributed by atoms with van der Waals surface area (Å²) in [6.07, 6.45) is 0. The van der Waals surface area contributed by atoms with Crippen molar-refractivity contribution in [3.05, 3.63) is 62.9 Å². The smallest absolute Gasteiger partial charge is 0.272 e. The van der Waals surface area contributed by atoms with Gasteiger partial charge in [-0.2, -0.15) is 0 Å². The van der Waals surface area contributed by atoms with Crippen LogP contribution in [0.15, 0.2) is 36.4 Å². The minimum atomic E-state index is -1.92. The van der Waals surface area contributed by atoms with Gasteiger partial charge in [0.15, 0.2) is 5.60 Å². The van der Waals surface area contributed by atoms with Crippen LogP contribution in [-0.4, -0.2) is 28.1 Å². The third kappa shape index (κ3) is 4.68. The lowest BCUT2D eigenvalue weighted by Gasteiger charge is -2.22. The molecule has 2 aromatic rings. The normalized spacial score (nSPS) is 13.0. The number of amides is 1. The minimum Gasteiger partial charge on any atom is -0.490 e. The molecule has 7 nitrogen and oxygen atoms in total. The number of nitro benzene ring substituents is 1. The molecule has 1 atom stereocenters. The molecule has 2 aromatic carbocycles. The highest BCUT2D eigenvalue weighted by atomic mass is 35.5. The number of benzene rings is 2. The summed E-state index contributed by atoms with van der Waals surface area (Å²) in [7, 11) is 0. The molecule has 2 N–H and O–H groups in total. The lowest BCUT2D eigenvalue weighted by atomic mass is 10.1. The molecule has 0 saturated carbocycles. The summed E-state index contributed by atoms with van der Waals surface area (Å²) in [5.74, 6) is -1.36. The Hall–Kier alpha value is -2.71. The summed E-state index contributed by atoms with van der Waals surface area (Å²) in [4.78, 5) is 22.5. The molecule has 0 spiro atoms. The van der Waals surface area contributed by atoms with Gasteiger partial charge in [0.2, 0.25) is 0 Å². The second-order valence-corrected chi connectivity index (χ2v) is 6.26. The van der Waals surface area contributed by atoms with Gasteiger partial charge in [-0.05, 0) is 38.1 Å². The Bertz CT molecular complexity index is 857. The fourth-order valence-corrected chi connectivity index (χ4v) is 2.18. The van der Waals surface area contributed by atoms with Crippen LogP contribution in [0.2, 0.25) is 5.02 Å². The summed E-state index contributed by atoms with van der Waals surface area (Å²) in [5, 5.41) is 23.5. The van der Waals surface area contributed by atoms with Crippen molar-refractivity contribution < 1.29 is 24.0 Å². The molecule has 9 heteroatoms. The summed E-state index contributed by atoms with van der Waals surface area (Å²) < 4.78 is 18.6. The second-order valence-electron chi connectivity index (χ2n) is 5.85. The van der Waals surface area contributed by atoms with Crippen LogP contribution in [0.1, 0.15) is 12.5 Å². The zero-order valence-electron chi connectivity index (χ0n) is 14.0. The molecule has 0 radical (unpaired) electrons. The Morgan fingerprint density at radius 2 is 2.08 bits per heavy atom. The SMILES string of the molecule is Cc1cc(NC(=O)[C@@](C)(O)COc2ccc(Cl)c(F)c2)ccc1[N+](=O)[O-]. The van der Waals surface area contributed by atoms with E-state index in [1.54, 1.807) is 0 Å². The number of carbonyl (C=O) groups excluding carboxylic acids is 1. The van der Waals surface area contributed by atoms with Crippen LogP contribution in [0.25, 0.3) is 0 Å². The van der Waals surface area contributed by atoms with Gasteiger partial charge in [0.1, 0.15) is 18.2 Å². The van der Waals surface area contributed by atoms with E-state index in [1.807, 2.05) is 0 Å². The molecule has 138 valence electrons. The van der Waals surface area contributed by atoms with Gasteiger partial charge in [0, 0.05) is 23.4 Å². The quantitative estimate of drug-likeness (QED) is 0.588. The third-order valence-electron chi connectivity index (χ3n) is 3.55. The van der Waals surface area contributed by atoms with Gasteiger partial charge in [0.05, 0.1) is 9.95 Å². The molecule has 26 heavy (non-hydrogen) atoms. The van der Waals surface area contributed by atoms with Gasteiger partial charge in [-0.15, -0.1) is 0 Å². The van der Waals surface area contributed by atoms with E-state index in [0.717, 1.165) is 6.07 Å². The number of carbonyl (C=O) groups is 1. The van der Waals surface area contributed by atoms with Gasteiger partial charge in [-0.1, -0.05) is 11.6 Å². The van der Waals surface area contributed by atoms with Crippen molar-refractivity contribution in [1.82, 2.24) is 0 Å². The van der Waals surface area contributed by atoms with Crippen LogP contribution in [0.3, 0.4) is 0 Å². The van der Waals surface area contributed by atoms with Crippen LogP contribution < -0.4 is 10.1 Å². The molecule has 0 aliphatic heterocycles. The number of hydrogen-bond donors (Lipinski definition) is 2. The van der Waals surface area contributed by atoms with Crippen molar-refractivity contribution in [3.8, 4) is 5.75 Å². The van der Waals surface area contributed by atoms with E-state index in [0.29, 0.717) is 5.56 Å². The predicted molar refractivity (Wildman–Crippen MR) is 94.0 cm³/mol. The Kier molecular flexibility index (Phi) is 5.79. The maximum absolute atomic E-state index is 13.4. The summed E-state index contributed by atoms with van der Waals surface area (Å²) in [6, 6.07) is 7.76. The predicted octanol–water partition coefficient (Wildman–Crippen LogP) is 3.46. The first-order valence-electron chi connectivity index (χ1n) is 7.47. The first-order chi connectivity index (χ1) is 12.1. The molecule has 0 aromatic heterocycles. The van der Waals surface area contributed by atoms with E-state index in [9.17, 15) is 24.4 Å². The Morgan fingerprint density at radius 3 is 2.65 bits per heavy atom. The summed E-state index contributed by atoms with van der Waals surface area (Å²) in [6.45, 7) is 2.32. The largest absolute Gasteiger partial charge is 0.490 e. The Morgan fingerprint density at radius 1 is 1.38 bits per heavy atom. The molecule has 1 amide bonds. The minimum absolute atomic E-state index is 0.0737. The van der Waals surface area contributed by atoms with Crippen LogP contribution in [0, 0.1) is 22.9 Å². The topological polar surface area (TPSA) is 102 Å². The van der Waals surface area contributed by atoms with Crippen molar-refractivity contribution >= 4 is 28.9 Å².